The van der Waals surface area contributed by atoms with Crippen LogP contribution < -0.4 is 11.1 Å². The molecule has 18 heavy (non-hydrogen) atoms. The Bertz CT molecular complexity index is 560. The van der Waals surface area contributed by atoms with E-state index in [9.17, 15) is 13.2 Å². The number of aromatic nitrogens is 2. The van der Waals surface area contributed by atoms with Crippen molar-refractivity contribution in [3.05, 3.63) is 11.8 Å². The molecule has 1 aromatic heterocycles. The molecule has 3 N–H and O–H groups in total. The number of amides is 1. The van der Waals surface area contributed by atoms with E-state index in [4.69, 9.17) is 5.73 Å². The third-order valence-electron chi connectivity index (χ3n) is 2.98. The summed E-state index contributed by atoms with van der Waals surface area (Å²) < 4.78 is 23.0. The van der Waals surface area contributed by atoms with Crippen LogP contribution in [0.2, 0.25) is 0 Å². The summed E-state index contributed by atoms with van der Waals surface area (Å²) in [6.45, 7) is 2.88. The van der Waals surface area contributed by atoms with Crippen LogP contribution in [0.4, 0.5) is 5.82 Å². The van der Waals surface area contributed by atoms with Crippen LogP contribution in [-0.4, -0.2) is 35.1 Å². The first kappa shape index (κ1) is 14.5. The SMILES string of the molecule is Cn1ncc(CNC(=O)C(C)(C)S(C)(=O)=O)c1N. The summed E-state index contributed by atoms with van der Waals surface area (Å²) in [7, 11) is -1.79. The number of sulfone groups is 1. The quantitative estimate of drug-likeness (QED) is 0.765. The molecule has 0 aromatic carbocycles. The van der Waals surface area contributed by atoms with Crippen molar-refractivity contribution in [2.75, 3.05) is 12.0 Å². The van der Waals surface area contributed by atoms with Crippen LogP contribution in [0, 0.1) is 0 Å². The van der Waals surface area contributed by atoms with Gasteiger partial charge in [0.2, 0.25) is 5.91 Å². The van der Waals surface area contributed by atoms with Gasteiger partial charge in [-0.1, -0.05) is 0 Å². The first-order valence-electron chi connectivity index (χ1n) is 5.31. The minimum absolute atomic E-state index is 0.150. The van der Waals surface area contributed by atoms with Crippen LogP contribution in [0.25, 0.3) is 0 Å². The Morgan fingerprint density at radius 1 is 1.56 bits per heavy atom. The van der Waals surface area contributed by atoms with Gasteiger partial charge in [0, 0.05) is 25.4 Å². The van der Waals surface area contributed by atoms with Gasteiger partial charge in [0.1, 0.15) is 10.6 Å². The van der Waals surface area contributed by atoms with Crippen LogP contribution in [0.3, 0.4) is 0 Å². The fraction of sp³-hybridized carbons (Fsp3) is 0.600. The topological polar surface area (TPSA) is 107 Å². The minimum Gasteiger partial charge on any atom is -0.384 e. The Morgan fingerprint density at radius 3 is 2.50 bits per heavy atom. The third-order valence-corrected chi connectivity index (χ3v) is 5.02. The average Bonchev–Trinajstić information content (AvgIpc) is 2.55. The van der Waals surface area contributed by atoms with Gasteiger partial charge >= 0.3 is 0 Å². The summed E-state index contributed by atoms with van der Waals surface area (Å²) in [6, 6.07) is 0. The second-order valence-corrected chi connectivity index (χ2v) is 7.21. The van der Waals surface area contributed by atoms with E-state index in [0.717, 1.165) is 6.26 Å². The molecule has 7 nitrogen and oxygen atoms in total. The van der Waals surface area contributed by atoms with Crippen LogP contribution in [0.5, 0.6) is 0 Å². The Kier molecular flexibility index (Phi) is 3.70. The van der Waals surface area contributed by atoms with E-state index in [1.165, 1.54) is 24.7 Å². The highest BCUT2D eigenvalue weighted by molar-refractivity contribution is 7.92. The molecule has 0 unspecified atom stereocenters. The van der Waals surface area contributed by atoms with Crippen LogP contribution in [0.1, 0.15) is 19.4 Å². The second-order valence-electron chi connectivity index (χ2n) is 4.64. The van der Waals surface area contributed by atoms with Gasteiger partial charge in [-0.2, -0.15) is 5.10 Å². The maximum Gasteiger partial charge on any atom is 0.241 e. The number of carbonyl (C=O) groups excluding carboxylic acids is 1. The number of nitrogens with zero attached hydrogens (tertiary/aromatic N) is 2. The van der Waals surface area contributed by atoms with E-state index in [-0.39, 0.29) is 6.54 Å². The molecule has 1 aromatic rings. The molecule has 1 heterocycles. The highest BCUT2D eigenvalue weighted by Gasteiger charge is 2.38. The molecule has 0 aliphatic carbocycles. The first-order chi connectivity index (χ1) is 8.07. The Hall–Kier alpha value is -1.57. The van der Waals surface area contributed by atoms with Crippen LogP contribution >= 0.6 is 0 Å². The maximum absolute atomic E-state index is 11.8. The van der Waals surface area contributed by atoms with Gasteiger partial charge < -0.3 is 11.1 Å². The van der Waals surface area contributed by atoms with Gasteiger partial charge in [-0.15, -0.1) is 0 Å². The molecule has 102 valence electrons. The standard InChI is InChI=1S/C10H18N4O3S/c1-10(2,18(4,16)17)9(15)12-5-7-6-13-14(3)8(7)11/h6H,5,11H2,1-4H3,(H,12,15). The average molecular weight is 274 g/mol. The van der Waals surface area contributed by atoms with E-state index in [2.05, 4.69) is 10.4 Å². The lowest BCUT2D eigenvalue weighted by molar-refractivity contribution is -0.123. The number of carbonyl (C=O) groups is 1. The largest absolute Gasteiger partial charge is 0.384 e. The van der Waals surface area contributed by atoms with E-state index in [1.54, 1.807) is 7.05 Å². The van der Waals surface area contributed by atoms with Gasteiger partial charge in [0.05, 0.1) is 6.20 Å². The van der Waals surface area contributed by atoms with E-state index in [1.807, 2.05) is 0 Å². The van der Waals surface area contributed by atoms with Crippen molar-refractivity contribution in [1.82, 2.24) is 15.1 Å². The molecule has 0 spiro atoms. The summed E-state index contributed by atoms with van der Waals surface area (Å²) in [6.07, 6.45) is 2.56. The third kappa shape index (κ3) is 2.63. The molecule has 0 bridgehead atoms. The van der Waals surface area contributed by atoms with E-state index >= 15 is 0 Å². The molecule has 0 atom stereocenters. The predicted octanol–water partition coefficient (Wildman–Crippen LogP) is -0.558. The van der Waals surface area contributed by atoms with Gasteiger partial charge in [0.15, 0.2) is 9.84 Å². The zero-order valence-corrected chi connectivity index (χ0v) is 11.7. The molecule has 1 amide bonds. The van der Waals surface area contributed by atoms with Crippen molar-refractivity contribution < 1.29 is 13.2 Å². The summed E-state index contributed by atoms with van der Waals surface area (Å²) >= 11 is 0. The first-order valence-corrected chi connectivity index (χ1v) is 7.20. The lowest BCUT2D eigenvalue weighted by Gasteiger charge is -2.21. The van der Waals surface area contributed by atoms with Gasteiger partial charge in [0.25, 0.3) is 0 Å². The number of rotatable bonds is 4. The molecule has 0 aliphatic rings. The number of aryl methyl sites for hydroxylation is 1. The maximum atomic E-state index is 11.8. The molecule has 0 radical (unpaired) electrons. The molecule has 0 saturated carbocycles. The molecular formula is C10H18N4O3S. The fourth-order valence-corrected chi connectivity index (χ4v) is 1.59. The lowest BCUT2D eigenvalue weighted by atomic mass is 10.2. The van der Waals surface area contributed by atoms with Crippen molar-refractivity contribution in [2.45, 2.75) is 25.1 Å². The summed E-state index contributed by atoms with van der Waals surface area (Å²) in [5.74, 6) is -0.124. The zero-order chi connectivity index (χ0) is 14.1. The van der Waals surface area contributed by atoms with Crippen LogP contribution in [0.15, 0.2) is 6.20 Å². The molecule has 0 saturated heterocycles. The number of nitrogens with one attached hydrogen (secondary N) is 1. The minimum atomic E-state index is -3.48. The number of nitrogen functional groups attached to an aromatic ring is 1. The van der Waals surface area contributed by atoms with E-state index < -0.39 is 20.5 Å². The molecular weight excluding hydrogens is 256 g/mol. The van der Waals surface area contributed by atoms with Gasteiger partial charge in [-0.05, 0) is 13.8 Å². The van der Waals surface area contributed by atoms with Crippen LogP contribution in [-0.2, 0) is 28.2 Å². The van der Waals surface area contributed by atoms with Crippen molar-refractivity contribution in [1.29, 1.82) is 0 Å². The lowest BCUT2D eigenvalue weighted by Crippen LogP contribution is -2.47. The molecule has 8 heteroatoms. The second kappa shape index (κ2) is 4.60. The Balaban J connectivity index is 2.76. The number of hydrogen-bond acceptors (Lipinski definition) is 5. The normalized spacial score (nSPS) is 12.4. The molecule has 0 aliphatic heterocycles. The van der Waals surface area contributed by atoms with Crippen molar-refractivity contribution in [3.8, 4) is 0 Å². The summed E-state index contributed by atoms with van der Waals surface area (Å²) in [5, 5.41) is 6.48. The van der Waals surface area contributed by atoms with Gasteiger partial charge in [-0.3, -0.25) is 9.48 Å². The molecule has 1 rings (SSSR count). The van der Waals surface area contributed by atoms with Crippen molar-refractivity contribution in [3.63, 3.8) is 0 Å². The monoisotopic (exact) mass is 274 g/mol. The summed E-state index contributed by atoms with van der Waals surface area (Å²) in [5.41, 5.74) is 6.36. The predicted molar refractivity (Wildman–Crippen MR) is 68.4 cm³/mol. The highest BCUT2D eigenvalue weighted by Crippen LogP contribution is 2.16. The van der Waals surface area contributed by atoms with E-state index in [0.29, 0.717) is 11.4 Å². The summed E-state index contributed by atoms with van der Waals surface area (Å²) in [4.78, 5) is 11.8. The Morgan fingerprint density at radius 2 is 2.11 bits per heavy atom. The number of anilines is 1. The number of hydrogen-bond donors (Lipinski definition) is 2. The zero-order valence-electron chi connectivity index (χ0n) is 10.9. The molecule has 0 fully saturated rings. The van der Waals surface area contributed by atoms with Crippen molar-refractivity contribution in [2.24, 2.45) is 7.05 Å². The highest BCUT2D eigenvalue weighted by atomic mass is 32.2. The smallest absolute Gasteiger partial charge is 0.241 e. The number of nitrogens with two attached hydrogens (primary N) is 1. The van der Waals surface area contributed by atoms with Gasteiger partial charge in [-0.25, -0.2) is 8.42 Å². The van der Waals surface area contributed by atoms with Crippen molar-refractivity contribution >= 4 is 21.6 Å². The fourth-order valence-electron chi connectivity index (χ4n) is 1.19. The Labute approximate surface area is 106 Å².